The molecule has 2 unspecified atom stereocenters. The molecule has 0 radical (unpaired) electrons. The van der Waals surface area contributed by atoms with E-state index in [1.165, 1.54) is 47.9 Å². The number of amides is 2. The number of benzene rings is 2. The van der Waals surface area contributed by atoms with E-state index >= 15 is 0 Å². The Bertz CT molecular complexity index is 972. The Morgan fingerprint density at radius 2 is 1.68 bits per heavy atom. The predicted molar refractivity (Wildman–Crippen MR) is 131 cm³/mol. The van der Waals surface area contributed by atoms with Gasteiger partial charge in [0, 0.05) is 24.4 Å². The summed E-state index contributed by atoms with van der Waals surface area (Å²) in [6, 6.07) is 13.1. The van der Waals surface area contributed by atoms with Crippen molar-refractivity contribution in [3.8, 4) is 0 Å². The molecule has 2 atom stereocenters. The Morgan fingerprint density at radius 1 is 1.00 bits per heavy atom. The van der Waals surface area contributed by atoms with E-state index in [0.29, 0.717) is 5.92 Å². The molecule has 1 saturated carbocycles. The molecule has 178 valence electrons. The molecule has 4 rings (SSSR count). The predicted octanol–water partition coefficient (Wildman–Crippen LogP) is 6.38. The van der Waals surface area contributed by atoms with Gasteiger partial charge in [-0.3, -0.25) is 4.99 Å². The van der Waals surface area contributed by atoms with Crippen LogP contribution >= 0.6 is 0 Å². The summed E-state index contributed by atoms with van der Waals surface area (Å²) in [5.41, 5.74) is 2.08. The molecule has 1 fully saturated rings. The molecule has 0 spiro atoms. The average molecular weight is 465 g/mol. The van der Waals surface area contributed by atoms with Gasteiger partial charge in [0.05, 0.1) is 12.4 Å². The fraction of sp³-hybridized carbons (Fsp3) is 0.370. The van der Waals surface area contributed by atoms with Crippen LogP contribution in [0.15, 0.2) is 71.0 Å². The van der Waals surface area contributed by atoms with Crippen LogP contribution in [-0.2, 0) is 0 Å². The number of hydrogen-bond acceptors (Lipinski definition) is 3. The molecule has 1 N–H and O–H groups in total. The van der Waals surface area contributed by atoms with Crippen LogP contribution in [0.5, 0.6) is 0 Å². The molecule has 0 aromatic heterocycles. The maximum absolute atomic E-state index is 13.5. The third-order valence-corrected chi connectivity index (χ3v) is 6.61. The number of rotatable bonds is 7. The first-order valence-electron chi connectivity index (χ1n) is 11.9. The van der Waals surface area contributed by atoms with Crippen LogP contribution in [0.1, 0.15) is 62.0 Å². The number of halogens is 2. The van der Waals surface area contributed by atoms with Crippen LogP contribution < -0.4 is 5.32 Å². The second kappa shape index (κ2) is 11.7. The van der Waals surface area contributed by atoms with Gasteiger partial charge in [-0.05, 0) is 60.6 Å². The number of hydrogen-bond donors (Lipinski definition) is 1. The maximum atomic E-state index is 13.5. The van der Waals surface area contributed by atoms with Gasteiger partial charge in [-0.25, -0.2) is 13.6 Å². The van der Waals surface area contributed by atoms with Gasteiger partial charge in [-0.2, -0.15) is 10.1 Å². The summed E-state index contributed by atoms with van der Waals surface area (Å²) < 4.78 is 26.9. The number of hydrazone groups is 1. The molecular weight excluding hydrogens is 434 g/mol. The molecule has 2 amide bonds. The lowest BCUT2D eigenvalue weighted by molar-refractivity contribution is 0.201. The zero-order chi connectivity index (χ0) is 23.8. The number of aliphatic imine (C=N–C) groups is 1. The zero-order valence-electron chi connectivity index (χ0n) is 19.1. The van der Waals surface area contributed by atoms with E-state index < -0.39 is 0 Å². The van der Waals surface area contributed by atoms with Gasteiger partial charge in [0.25, 0.3) is 0 Å². The highest BCUT2D eigenvalue weighted by atomic mass is 19.1. The normalized spacial score (nSPS) is 19.9. The SMILES string of the molecule is O=C(NC1CCCC(CCCC(c2ccc(F)cc2)c2ccc(F)cc2)C1)N1C=CN=CC=N1. The Balaban J connectivity index is 1.32. The fourth-order valence-corrected chi connectivity index (χ4v) is 4.90. The van der Waals surface area contributed by atoms with E-state index in [1.54, 1.807) is 6.20 Å². The number of carbonyl (C=O) groups is 1. The average Bonchev–Trinajstić information content (AvgIpc) is 3.14. The lowest BCUT2D eigenvalue weighted by Gasteiger charge is -2.31. The van der Waals surface area contributed by atoms with E-state index in [-0.39, 0.29) is 29.6 Å². The standard InChI is InChI=1S/C27H30F2N4O/c28-23-11-7-21(8-12-23)26(22-9-13-24(29)14-10-22)6-2-4-20-3-1-5-25(19-20)32-27(34)33-18-17-30-15-16-31-33/h7-18,20,25-26H,1-6,19H2,(H,32,34). The van der Waals surface area contributed by atoms with Crippen LogP contribution in [0.3, 0.4) is 0 Å². The Hall–Kier alpha value is -3.35. The Labute approximate surface area is 199 Å². The fourth-order valence-electron chi connectivity index (χ4n) is 4.90. The molecule has 7 heteroatoms. The summed E-state index contributed by atoms with van der Waals surface area (Å²) in [6.07, 6.45) is 13.2. The summed E-state index contributed by atoms with van der Waals surface area (Å²) in [5, 5.41) is 8.43. The topological polar surface area (TPSA) is 57.1 Å². The van der Waals surface area contributed by atoms with Gasteiger partial charge in [-0.15, -0.1) is 0 Å². The summed E-state index contributed by atoms with van der Waals surface area (Å²) in [5.74, 6) is 0.111. The van der Waals surface area contributed by atoms with Gasteiger partial charge >= 0.3 is 6.03 Å². The van der Waals surface area contributed by atoms with Crippen molar-refractivity contribution in [1.29, 1.82) is 0 Å². The van der Waals surface area contributed by atoms with Crippen molar-refractivity contribution in [2.45, 2.75) is 56.9 Å². The van der Waals surface area contributed by atoms with Gasteiger partial charge < -0.3 is 5.32 Å². The summed E-state index contributed by atoms with van der Waals surface area (Å²) >= 11 is 0. The first-order chi connectivity index (χ1) is 16.6. The van der Waals surface area contributed by atoms with E-state index in [0.717, 1.165) is 56.1 Å². The van der Waals surface area contributed by atoms with Crippen LogP contribution in [0.25, 0.3) is 0 Å². The first-order valence-corrected chi connectivity index (χ1v) is 11.9. The van der Waals surface area contributed by atoms with E-state index in [1.807, 2.05) is 24.3 Å². The van der Waals surface area contributed by atoms with Crippen molar-refractivity contribution >= 4 is 18.5 Å². The molecular formula is C27H30F2N4O. The highest BCUT2D eigenvalue weighted by Gasteiger charge is 2.25. The van der Waals surface area contributed by atoms with Gasteiger partial charge in [-0.1, -0.05) is 49.9 Å². The molecule has 1 aliphatic carbocycles. The second-order valence-electron chi connectivity index (χ2n) is 8.97. The molecule has 2 aliphatic rings. The lowest BCUT2D eigenvalue weighted by atomic mass is 9.80. The smallest absolute Gasteiger partial charge is 0.333 e. The highest BCUT2D eigenvalue weighted by Crippen LogP contribution is 2.34. The van der Waals surface area contributed by atoms with Gasteiger partial charge in [0.15, 0.2) is 0 Å². The van der Waals surface area contributed by atoms with Crippen LogP contribution in [0.2, 0.25) is 0 Å². The van der Waals surface area contributed by atoms with Crippen molar-refractivity contribution in [3.05, 3.63) is 83.7 Å². The Morgan fingerprint density at radius 3 is 2.35 bits per heavy atom. The molecule has 0 bridgehead atoms. The number of carbonyl (C=O) groups excluding carboxylic acids is 1. The third-order valence-electron chi connectivity index (χ3n) is 6.61. The monoisotopic (exact) mass is 464 g/mol. The minimum Gasteiger partial charge on any atom is -0.333 e. The Kier molecular flexibility index (Phi) is 8.17. The number of urea groups is 1. The third kappa shape index (κ3) is 6.59. The van der Waals surface area contributed by atoms with Crippen molar-refractivity contribution in [3.63, 3.8) is 0 Å². The molecule has 2 aromatic rings. The molecule has 1 aliphatic heterocycles. The van der Waals surface area contributed by atoms with E-state index in [4.69, 9.17) is 0 Å². The quantitative estimate of drug-likeness (QED) is 0.508. The van der Waals surface area contributed by atoms with Crippen molar-refractivity contribution in [2.75, 3.05) is 0 Å². The highest BCUT2D eigenvalue weighted by molar-refractivity contribution is 6.16. The molecule has 0 saturated heterocycles. The van der Waals surface area contributed by atoms with Crippen molar-refractivity contribution in [2.24, 2.45) is 16.0 Å². The van der Waals surface area contributed by atoms with Gasteiger partial charge in [0.1, 0.15) is 11.6 Å². The number of nitrogens with zero attached hydrogens (tertiary/aromatic N) is 3. The maximum Gasteiger partial charge on any atom is 0.342 e. The lowest BCUT2D eigenvalue weighted by Crippen LogP contribution is -2.42. The van der Waals surface area contributed by atoms with Crippen molar-refractivity contribution in [1.82, 2.24) is 10.3 Å². The van der Waals surface area contributed by atoms with E-state index in [9.17, 15) is 13.6 Å². The van der Waals surface area contributed by atoms with Gasteiger partial charge in [0.2, 0.25) is 0 Å². The van der Waals surface area contributed by atoms with Crippen LogP contribution in [0.4, 0.5) is 13.6 Å². The second-order valence-corrected chi connectivity index (χ2v) is 8.97. The minimum absolute atomic E-state index is 0.0928. The molecule has 5 nitrogen and oxygen atoms in total. The number of nitrogens with one attached hydrogen (secondary N) is 1. The summed E-state index contributed by atoms with van der Waals surface area (Å²) in [6.45, 7) is 0. The first kappa shape index (κ1) is 23.8. The zero-order valence-corrected chi connectivity index (χ0v) is 19.1. The van der Waals surface area contributed by atoms with E-state index in [2.05, 4.69) is 15.4 Å². The van der Waals surface area contributed by atoms with Crippen molar-refractivity contribution < 1.29 is 13.6 Å². The summed E-state index contributed by atoms with van der Waals surface area (Å²) in [4.78, 5) is 16.5. The molecule has 1 heterocycles. The van der Waals surface area contributed by atoms with Crippen LogP contribution in [0, 0.1) is 17.6 Å². The molecule has 34 heavy (non-hydrogen) atoms. The van der Waals surface area contributed by atoms with Crippen LogP contribution in [-0.4, -0.2) is 29.5 Å². The summed E-state index contributed by atoms with van der Waals surface area (Å²) in [7, 11) is 0. The largest absolute Gasteiger partial charge is 0.342 e. The minimum atomic E-state index is -0.259. The molecule has 2 aromatic carbocycles.